The van der Waals surface area contributed by atoms with E-state index in [1.165, 1.54) is 0 Å². The van der Waals surface area contributed by atoms with Gasteiger partial charge in [-0.25, -0.2) is 4.68 Å². The summed E-state index contributed by atoms with van der Waals surface area (Å²) in [6.07, 6.45) is 0. The number of nitrogens with zero attached hydrogens (tertiary/aromatic N) is 5. The van der Waals surface area contributed by atoms with Crippen molar-refractivity contribution < 1.29 is 4.79 Å². The number of aromatic nitrogens is 4. The number of hydrogen-bond acceptors (Lipinski definition) is 5. The summed E-state index contributed by atoms with van der Waals surface area (Å²) in [5, 5.41) is 14.6. The van der Waals surface area contributed by atoms with Crippen molar-refractivity contribution in [3.05, 3.63) is 29.8 Å². The maximum absolute atomic E-state index is 12.3. The van der Waals surface area contributed by atoms with E-state index < -0.39 is 0 Å². The molecule has 0 radical (unpaired) electrons. The molecule has 2 aromatic rings. The van der Waals surface area contributed by atoms with Crippen LogP contribution in [0.3, 0.4) is 0 Å². The molecule has 1 fully saturated rings. The fraction of sp³-hybridized carbons (Fsp3) is 0.385. The summed E-state index contributed by atoms with van der Waals surface area (Å²) in [5.74, 6) is 0.764. The second-order valence-corrected chi connectivity index (χ2v) is 4.75. The first-order chi connectivity index (χ1) is 9.75. The summed E-state index contributed by atoms with van der Waals surface area (Å²) < 4.78 is 1.60. The van der Waals surface area contributed by atoms with Crippen LogP contribution in [0, 0.1) is 0 Å². The summed E-state index contributed by atoms with van der Waals surface area (Å²) in [6.45, 7) is 3.23. The smallest absolute Gasteiger partial charge is 0.253 e. The van der Waals surface area contributed by atoms with E-state index in [1.54, 1.807) is 11.7 Å². The highest BCUT2D eigenvalue weighted by Crippen LogP contribution is 2.16. The molecule has 104 valence electrons. The second-order valence-electron chi connectivity index (χ2n) is 4.75. The molecule has 0 bridgehead atoms. The minimum Gasteiger partial charge on any atom is -0.336 e. The van der Waals surface area contributed by atoms with Crippen LogP contribution in [-0.4, -0.2) is 57.2 Å². The average Bonchev–Trinajstić information content (AvgIpc) is 2.94. The topological polar surface area (TPSA) is 75.9 Å². The van der Waals surface area contributed by atoms with E-state index in [2.05, 4.69) is 20.8 Å². The average molecular weight is 272 g/mol. The monoisotopic (exact) mass is 272 g/mol. The third-order valence-corrected chi connectivity index (χ3v) is 3.41. The van der Waals surface area contributed by atoms with Crippen LogP contribution < -0.4 is 5.32 Å². The van der Waals surface area contributed by atoms with Gasteiger partial charge < -0.3 is 10.2 Å². The van der Waals surface area contributed by atoms with Gasteiger partial charge in [0.25, 0.3) is 5.91 Å². The maximum atomic E-state index is 12.3. The third kappa shape index (κ3) is 2.39. The zero-order valence-electron chi connectivity index (χ0n) is 11.3. The van der Waals surface area contributed by atoms with Crippen LogP contribution in [0.1, 0.15) is 10.4 Å². The molecule has 0 unspecified atom stereocenters. The summed E-state index contributed by atoms with van der Waals surface area (Å²) in [5.41, 5.74) is 1.60. The first-order valence-electron chi connectivity index (χ1n) is 6.58. The molecule has 3 rings (SSSR count). The van der Waals surface area contributed by atoms with E-state index in [9.17, 15) is 4.79 Å². The molecule has 1 aromatic carbocycles. The van der Waals surface area contributed by atoms with Gasteiger partial charge in [-0.2, -0.15) is 0 Å². The Balaban J connectivity index is 1.79. The molecule has 0 aliphatic carbocycles. The van der Waals surface area contributed by atoms with Crippen LogP contribution in [0.2, 0.25) is 0 Å². The van der Waals surface area contributed by atoms with Crippen LogP contribution >= 0.6 is 0 Å². The lowest BCUT2D eigenvalue weighted by atomic mass is 10.1. The van der Waals surface area contributed by atoms with Crippen LogP contribution in [-0.2, 0) is 7.05 Å². The van der Waals surface area contributed by atoms with Crippen molar-refractivity contribution >= 4 is 5.91 Å². The Morgan fingerprint density at radius 2 is 1.90 bits per heavy atom. The second kappa shape index (κ2) is 5.38. The van der Waals surface area contributed by atoms with Gasteiger partial charge in [0.1, 0.15) is 0 Å². The zero-order valence-corrected chi connectivity index (χ0v) is 11.3. The molecule has 0 spiro atoms. The number of amides is 1. The molecule has 20 heavy (non-hydrogen) atoms. The molecule has 1 aliphatic heterocycles. The Morgan fingerprint density at radius 1 is 1.20 bits per heavy atom. The molecular formula is C13H16N6O. The first-order valence-corrected chi connectivity index (χ1v) is 6.58. The van der Waals surface area contributed by atoms with E-state index >= 15 is 0 Å². The van der Waals surface area contributed by atoms with Crippen LogP contribution in [0.25, 0.3) is 11.4 Å². The van der Waals surface area contributed by atoms with Gasteiger partial charge in [0, 0.05) is 44.4 Å². The Bertz CT molecular complexity index is 600. The van der Waals surface area contributed by atoms with E-state index in [-0.39, 0.29) is 5.91 Å². The highest BCUT2D eigenvalue weighted by molar-refractivity contribution is 5.94. The van der Waals surface area contributed by atoms with Crippen LogP contribution in [0.5, 0.6) is 0 Å². The Labute approximate surface area is 116 Å². The highest BCUT2D eigenvalue weighted by atomic mass is 16.2. The van der Waals surface area contributed by atoms with Crippen LogP contribution in [0.4, 0.5) is 0 Å². The number of nitrogens with one attached hydrogen (secondary N) is 1. The minimum absolute atomic E-state index is 0.0779. The SMILES string of the molecule is Cn1nnnc1-c1ccc(C(=O)N2CCNCC2)cc1. The first kappa shape index (κ1) is 12.7. The number of piperazine rings is 1. The van der Waals surface area contributed by atoms with Gasteiger partial charge in [0.15, 0.2) is 5.82 Å². The molecule has 1 aliphatic rings. The summed E-state index contributed by atoms with van der Waals surface area (Å²) in [7, 11) is 1.79. The van der Waals surface area contributed by atoms with Gasteiger partial charge in [0.2, 0.25) is 0 Å². The number of hydrogen-bond donors (Lipinski definition) is 1. The molecule has 1 amide bonds. The van der Waals surface area contributed by atoms with E-state index in [0.29, 0.717) is 11.4 Å². The molecule has 7 nitrogen and oxygen atoms in total. The summed E-state index contributed by atoms with van der Waals surface area (Å²) in [4.78, 5) is 14.2. The molecule has 2 heterocycles. The van der Waals surface area contributed by atoms with Gasteiger partial charge >= 0.3 is 0 Å². The van der Waals surface area contributed by atoms with E-state index in [1.807, 2.05) is 29.2 Å². The number of carbonyl (C=O) groups is 1. The lowest BCUT2D eigenvalue weighted by Gasteiger charge is -2.27. The third-order valence-electron chi connectivity index (χ3n) is 3.41. The number of tetrazole rings is 1. The summed E-state index contributed by atoms with van der Waals surface area (Å²) in [6, 6.07) is 7.41. The van der Waals surface area contributed by atoms with Crippen molar-refractivity contribution in [2.45, 2.75) is 0 Å². The number of benzene rings is 1. The lowest BCUT2D eigenvalue weighted by molar-refractivity contribution is 0.0736. The molecule has 1 N–H and O–H groups in total. The normalized spacial score (nSPS) is 15.3. The van der Waals surface area contributed by atoms with Gasteiger partial charge in [0.05, 0.1) is 0 Å². The highest BCUT2D eigenvalue weighted by Gasteiger charge is 2.18. The Hall–Kier alpha value is -2.28. The molecule has 1 aromatic heterocycles. The molecule has 0 saturated carbocycles. The number of aryl methyl sites for hydroxylation is 1. The molecule has 1 saturated heterocycles. The predicted molar refractivity (Wildman–Crippen MR) is 73.0 cm³/mol. The van der Waals surface area contributed by atoms with E-state index in [4.69, 9.17) is 0 Å². The molecular weight excluding hydrogens is 256 g/mol. The van der Waals surface area contributed by atoms with Crippen molar-refractivity contribution in [3.63, 3.8) is 0 Å². The van der Waals surface area contributed by atoms with Crippen molar-refractivity contribution in [2.24, 2.45) is 7.05 Å². The predicted octanol–water partition coefficient (Wildman–Crippen LogP) is -0.0775. The van der Waals surface area contributed by atoms with Crippen LogP contribution in [0.15, 0.2) is 24.3 Å². The van der Waals surface area contributed by atoms with Gasteiger partial charge in [-0.3, -0.25) is 4.79 Å². The van der Waals surface area contributed by atoms with Crippen molar-refractivity contribution in [1.82, 2.24) is 30.4 Å². The van der Waals surface area contributed by atoms with Crippen molar-refractivity contribution in [1.29, 1.82) is 0 Å². The minimum atomic E-state index is 0.0779. The van der Waals surface area contributed by atoms with Gasteiger partial charge in [-0.15, -0.1) is 5.10 Å². The molecule has 0 atom stereocenters. The summed E-state index contributed by atoms with van der Waals surface area (Å²) >= 11 is 0. The number of rotatable bonds is 2. The maximum Gasteiger partial charge on any atom is 0.253 e. The number of carbonyl (C=O) groups excluding carboxylic acids is 1. The lowest BCUT2D eigenvalue weighted by Crippen LogP contribution is -2.46. The van der Waals surface area contributed by atoms with E-state index in [0.717, 1.165) is 31.7 Å². The van der Waals surface area contributed by atoms with Gasteiger partial charge in [-0.05, 0) is 22.6 Å². The fourth-order valence-electron chi connectivity index (χ4n) is 2.29. The molecule has 7 heteroatoms. The standard InChI is InChI=1S/C13H16N6O/c1-18-12(15-16-17-18)10-2-4-11(5-3-10)13(20)19-8-6-14-7-9-19/h2-5,14H,6-9H2,1H3. The largest absolute Gasteiger partial charge is 0.336 e. The van der Waals surface area contributed by atoms with Crippen molar-refractivity contribution in [2.75, 3.05) is 26.2 Å². The quantitative estimate of drug-likeness (QED) is 0.827. The van der Waals surface area contributed by atoms with Crippen molar-refractivity contribution in [3.8, 4) is 11.4 Å². The van der Waals surface area contributed by atoms with Gasteiger partial charge in [-0.1, -0.05) is 12.1 Å². The Kier molecular flexibility index (Phi) is 3.42. The fourth-order valence-corrected chi connectivity index (χ4v) is 2.29. The Morgan fingerprint density at radius 3 is 2.50 bits per heavy atom. The zero-order chi connectivity index (χ0) is 13.9.